The zero-order valence-corrected chi connectivity index (χ0v) is 16.2. The van der Waals surface area contributed by atoms with Crippen LogP contribution in [0.1, 0.15) is 29.8 Å². The average Bonchev–Trinajstić information content (AvgIpc) is 2.59. The van der Waals surface area contributed by atoms with Gasteiger partial charge in [-0.2, -0.15) is 0 Å². The largest absolute Gasteiger partial charge is 0.479 e. The van der Waals surface area contributed by atoms with Crippen molar-refractivity contribution in [2.75, 3.05) is 11.9 Å². The maximum atomic E-state index is 12.4. The Balaban J connectivity index is 2.10. The summed E-state index contributed by atoms with van der Waals surface area (Å²) in [5, 5.41) is 6.32. The van der Waals surface area contributed by atoms with Gasteiger partial charge in [-0.3, -0.25) is 9.59 Å². The molecule has 26 heavy (non-hydrogen) atoms. The van der Waals surface area contributed by atoms with Gasteiger partial charge in [0.25, 0.3) is 11.8 Å². The van der Waals surface area contributed by atoms with Gasteiger partial charge >= 0.3 is 0 Å². The quantitative estimate of drug-likeness (QED) is 0.759. The van der Waals surface area contributed by atoms with E-state index >= 15 is 0 Å². The molecular formula is C19H20Cl2N2O3. The van der Waals surface area contributed by atoms with Crippen LogP contribution in [0.15, 0.2) is 36.4 Å². The fourth-order valence-corrected chi connectivity index (χ4v) is 2.66. The van der Waals surface area contributed by atoms with Crippen LogP contribution in [0.4, 0.5) is 5.69 Å². The van der Waals surface area contributed by atoms with E-state index in [1.807, 2.05) is 13.8 Å². The predicted octanol–water partition coefficient (Wildman–Crippen LogP) is 4.46. The van der Waals surface area contributed by atoms with E-state index in [9.17, 15) is 9.59 Å². The first-order valence-corrected chi connectivity index (χ1v) is 8.88. The van der Waals surface area contributed by atoms with Crippen molar-refractivity contribution in [2.24, 2.45) is 0 Å². The van der Waals surface area contributed by atoms with Gasteiger partial charge in [0, 0.05) is 22.8 Å². The number of halogens is 2. The van der Waals surface area contributed by atoms with Crippen LogP contribution in [0.2, 0.25) is 10.0 Å². The van der Waals surface area contributed by atoms with Crippen LogP contribution in [-0.4, -0.2) is 24.5 Å². The molecule has 0 spiro atoms. The van der Waals surface area contributed by atoms with Gasteiger partial charge in [0.05, 0.1) is 5.02 Å². The van der Waals surface area contributed by atoms with Gasteiger partial charge in [0.1, 0.15) is 5.75 Å². The number of aryl methyl sites for hydroxylation is 1. The van der Waals surface area contributed by atoms with Crippen LogP contribution in [0.5, 0.6) is 5.75 Å². The van der Waals surface area contributed by atoms with E-state index in [4.69, 9.17) is 27.9 Å². The Bertz CT molecular complexity index is 824. The second-order valence-corrected chi connectivity index (χ2v) is 6.56. The molecule has 0 aliphatic carbocycles. The van der Waals surface area contributed by atoms with Gasteiger partial charge in [0.2, 0.25) is 0 Å². The summed E-state index contributed by atoms with van der Waals surface area (Å²) in [6.07, 6.45) is -0.791. The molecule has 0 saturated carbocycles. The SMILES string of the molecule is CCNC(=O)c1ccc(C)c(NC(=O)C(C)Oc2ccc(Cl)cc2Cl)c1. The second-order valence-electron chi connectivity index (χ2n) is 5.71. The number of nitrogens with one attached hydrogen (secondary N) is 2. The summed E-state index contributed by atoms with van der Waals surface area (Å²) < 4.78 is 5.61. The zero-order valence-electron chi connectivity index (χ0n) is 14.7. The number of rotatable bonds is 6. The van der Waals surface area contributed by atoms with E-state index in [1.165, 1.54) is 0 Å². The molecule has 2 amide bonds. The lowest BCUT2D eigenvalue weighted by molar-refractivity contribution is -0.122. The fourth-order valence-electron chi connectivity index (χ4n) is 2.21. The van der Waals surface area contributed by atoms with Crippen molar-refractivity contribution in [1.82, 2.24) is 5.32 Å². The molecule has 0 bridgehead atoms. The highest BCUT2D eigenvalue weighted by Gasteiger charge is 2.18. The molecule has 2 N–H and O–H groups in total. The summed E-state index contributed by atoms with van der Waals surface area (Å²) in [6.45, 7) is 5.83. The van der Waals surface area contributed by atoms with Gasteiger partial charge in [-0.05, 0) is 56.7 Å². The second kappa shape index (κ2) is 8.92. The number of carbonyl (C=O) groups is 2. The summed E-state index contributed by atoms with van der Waals surface area (Å²) in [6, 6.07) is 9.91. The van der Waals surface area contributed by atoms with E-state index < -0.39 is 6.10 Å². The number of hydrogen-bond acceptors (Lipinski definition) is 3. The summed E-state index contributed by atoms with van der Waals surface area (Å²) in [5.74, 6) is -0.182. The Hall–Kier alpha value is -2.24. The number of anilines is 1. The van der Waals surface area contributed by atoms with E-state index in [2.05, 4.69) is 10.6 Å². The topological polar surface area (TPSA) is 67.4 Å². The molecule has 0 saturated heterocycles. The van der Waals surface area contributed by atoms with Crippen LogP contribution >= 0.6 is 23.2 Å². The third-order valence-corrected chi connectivity index (χ3v) is 4.19. The molecule has 0 aromatic heterocycles. The predicted molar refractivity (Wildman–Crippen MR) is 104 cm³/mol. The highest BCUT2D eigenvalue weighted by atomic mass is 35.5. The van der Waals surface area contributed by atoms with Gasteiger partial charge < -0.3 is 15.4 Å². The molecule has 0 aliphatic heterocycles. The third-order valence-electron chi connectivity index (χ3n) is 3.66. The third kappa shape index (κ3) is 5.13. The Labute approximate surface area is 162 Å². The summed E-state index contributed by atoms with van der Waals surface area (Å²) >= 11 is 11.9. The minimum atomic E-state index is -0.791. The highest BCUT2D eigenvalue weighted by molar-refractivity contribution is 6.35. The smallest absolute Gasteiger partial charge is 0.265 e. The first-order valence-electron chi connectivity index (χ1n) is 8.13. The summed E-state index contributed by atoms with van der Waals surface area (Å²) in [4.78, 5) is 24.4. The average molecular weight is 395 g/mol. The molecule has 0 fully saturated rings. The molecule has 138 valence electrons. The van der Waals surface area contributed by atoms with Crippen LogP contribution in [-0.2, 0) is 4.79 Å². The van der Waals surface area contributed by atoms with E-state index in [-0.39, 0.29) is 11.8 Å². The Morgan fingerprint density at radius 1 is 1.15 bits per heavy atom. The van der Waals surface area contributed by atoms with Crippen molar-refractivity contribution in [3.8, 4) is 5.75 Å². The molecule has 0 aliphatic rings. The van der Waals surface area contributed by atoms with E-state index in [1.54, 1.807) is 43.3 Å². The fraction of sp³-hybridized carbons (Fsp3) is 0.263. The lowest BCUT2D eigenvalue weighted by Crippen LogP contribution is -2.30. The number of ether oxygens (including phenoxy) is 1. The summed E-state index contributed by atoms with van der Waals surface area (Å²) in [5.41, 5.74) is 1.86. The molecule has 2 rings (SSSR count). The maximum Gasteiger partial charge on any atom is 0.265 e. The molecule has 1 unspecified atom stereocenters. The zero-order chi connectivity index (χ0) is 19.3. The molecule has 0 radical (unpaired) electrons. The molecule has 1 atom stereocenters. The maximum absolute atomic E-state index is 12.4. The molecule has 2 aromatic rings. The minimum Gasteiger partial charge on any atom is -0.479 e. The van der Waals surface area contributed by atoms with Gasteiger partial charge in [0.15, 0.2) is 6.10 Å². The molecule has 2 aromatic carbocycles. The van der Waals surface area contributed by atoms with Crippen LogP contribution in [0, 0.1) is 6.92 Å². The first kappa shape index (κ1) is 20.1. The first-order chi connectivity index (χ1) is 12.3. The van der Waals surface area contributed by atoms with E-state index in [0.717, 1.165) is 5.56 Å². The Morgan fingerprint density at radius 3 is 2.54 bits per heavy atom. The van der Waals surface area contributed by atoms with E-state index in [0.29, 0.717) is 33.6 Å². The van der Waals surface area contributed by atoms with Gasteiger partial charge in [-0.15, -0.1) is 0 Å². The van der Waals surface area contributed by atoms with Crippen molar-refractivity contribution in [3.63, 3.8) is 0 Å². The Kier molecular flexibility index (Phi) is 6.89. The minimum absolute atomic E-state index is 0.194. The van der Waals surface area contributed by atoms with Crippen molar-refractivity contribution < 1.29 is 14.3 Å². The van der Waals surface area contributed by atoms with Crippen LogP contribution < -0.4 is 15.4 Å². The number of hydrogen-bond donors (Lipinski definition) is 2. The lowest BCUT2D eigenvalue weighted by atomic mass is 10.1. The van der Waals surface area contributed by atoms with Crippen LogP contribution in [0.3, 0.4) is 0 Å². The summed E-state index contributed by atoms with van der Waals surface area (Å²) in [7, 11) is 0. The van der Waals surface area contributed by atoms with Gasteiger partial charge in [-0.25, -0.2) is 0 Å². The molecule has 7 heteroatoms. The normalized spacial score (nSPS) is 11.6. The Morgan fingerprint density at radius 2 is 1.88 bits per heavy atom. The molecule has 5 nitrogen and oxygen atoms in total. The number of benzene rings is 2. The lowest BCUT2D eigenvalue weighted by Gasteiger charge is -2.17. The molecular weight excluding hydrogens is 375 g/mol. The monoisotopic (exact) mass is 394 g/mol. The van der Waals surface area contributed by atoms with Crippen molar-refractivity contribution in [2.45, 2.75) is 26.9 Å². The van der Waals surface area contributed by atoms with Crippen molar-refractivity contribution >= 4 is 40.7 Å². The van der Waals surface area contributed by atoms with Crippen LogP contribution in [0.25, 0.3) is 0 Å². The highest BCUT2D eigenvalue weighted by Crippen LogP contribution is 2.28. The standard InChI is InChI=1S/C19H20Cl2N2O3/c1-4-22-19(25)13-6-5-11(2)16(9-13)23-18(24)12(3)26-17-8-7-14(20)10-15(17)21/h5-10,12H,4H2,1-3H3,(H,22,25)(H,23,24). The number of carbonyl (C=O) groups excluding carboxylic acids is 2. The van der Waals surface area contributed by atoms with Crippen molar-refractivity contribution in [1.29, 1.82) is 0 Å². The number of amides is 2. The van der Waals surface area contributed by atoms with Gasteiger partial charge in [-0.1, -0.05) is 29.3 Å². The van der Waals surface area contributed by atoms with Crippen molar-refractivity contribution in [3.05, 3.63) is 57.6 Å². The molecule has 0 heterocycles.